The lowest BCUT2D eigenvalue weighted by Crippen LogP contribution is -2.41. The second-order valence-electron chi connectivity index (χ2n) is 6.99. The molecule has 1 N–H and O–H groups in total. The van der Waals surface area contributed by atoms with Gasteiger partial charge in [0.05, 0.1) is 13.7 Å². The highest BCUT2D eigenvalue weighted by Gasteiger charge is 2.53. The van der Waals surface area contributed by atoms with E-state index in [1.807, 2.05) is 36.0 Å². The minimum absolute atomic E-state index is 0.534. The number of ether oxygens (including phenoxy) is 1. The molecule has 1 atom stereocenters. The summed E-state index contributed by atoms with van der Waals surface area (Å²) in [6, 6.07) is 14.2. The van der Waals surface area contributed by atoms with Gasteiger partial charge < -0.3 is 9.84 Å². The number of benzene rings is 2. The smallest absolute Gasteiger partial charge is 0.316 e. The van der Waals surface area contributed by atoms with Crippen LogP contribution in [0.2, 0.25) is 0 Å². The van der Waals surface area contributed by atoms with E-state index in [-0.39, 0.29) is 0 Å². The first-order valence-electron chi connectivity index (χ1n) is 9.02. The van der Waals surface area contributed by atoms with Gasteiger partial charge in [0.15, 0.2) is 6.54 Å². The zero-order chi connectivity index (χ0) is 18.3. The fraction of sp³-hybridized carbons (Fsp3) is 0.381. The van der Waals surface area contributed by atoms with E-state index in [0.29, 0.717) is 6.54 Å². The van der Waals surface area contributed by atoms with Crippen molar-refractivity contribution in [1.82, 2.24) is 0 Å². The van der Waals surface area contributed by atoms with E-state index in [0.717, 1.165) is 35.2 Å². The molecule has 26 heavy (non-hydrogen) atoms. The Labute approximate surface area is 159 Å². The lowest BCUT2D eigenvalue weighted by atomic mass is 10.0. The number of thioether (sulfide) groups is 1. The third kappa shape index (κ3) is 2.70. The van der Waals surface area contributed by atoms with E-state index >= 15 is 0 Å². The number of hydrogen-bond donors (Lipinski definition) is 1. The molecule has 5 heteroatoms. The van der Waals surface area contributed by atoms with Crippen molar-refractivity contribution in [3.8, 4) is 5.75 Å². The molecule has 4 rings (SSSR count). The molecule has 2 heterocycles. The Kier molecular flexibility index (Phi) is 4.45. The van der Waals surface area contributed by atoms with Crippen LogP contribution in [0.5, 0.6) is 5.75 Å². The van der Waals surface area contributed by atoms with Crippen molar-refractivity contribution in [2.24, 2.45) is 0 Å². The van der Waals surface area contributed by atoms with Crippen LogP contribution in [0.4, 0.5) is 5.69 Å². The maximum atomic E-state index is 11.7. The molecule has 2 aromatic rings. The number of methoxy groups -OCH3 is 1. The number of aliphatic hydroxyl groups is 1. The Morgan fingerprint density at radius 3 is 2.65 bits per heavy atom. The number of rotatable bonds is 3. The van der Waals surface area contributed by atoms with Gasteiger partial charge in [0.1, 0.15) is 11.4 Å². The first-order chi connectivity index (χ1) is 12.5. The maximum absolute atomic E-state index is 11.7. The second kappa shape index (κ2) is 6.63. The molecular formula is C21H25N2O2S+. The molecule has 0 unspecified atom stereocenters. The van der Waals surface area contributed by atoms with Crippen LogP contribution in [0, 0.1) is 13.8 Å². The first-order valence-corrected chi connectivity index (χ1v) is 10.0. The quantitative estimate of drug-likeness (QED) is 0.841. The van der Waals surface area contributed by atoms with E-state index < -0.39 is 5.72 Å². The standard InChI is InChI=1S/C21H25N2O2S/c1-15-6-4-7-19(16(15)2)22-14-21(24,23-12-5-13-26-20(22)23)17-8-10-18(25-3)11-9-17/h4,6-11,24H,5,12-14H2,1-3H3/q+1/t21-/m0/s1. The van der Waals surface area contributed by atoms with Gasteiger partial charge in [-0.25, -0.2) is 9.48 Å². The molecule has 0 spiro atoms. The molecule has 0 saturated carbocycles. The van der Waals surface area contributed by atoms with E-state index in [1.165, 1.54) is 16.8 Å². The van der Waals surface area contributed by atoms with Crippen molar-refractivity contribution in [2.45, 2.75) is 26.0 Å². The van der Waals surface area contributed by atoms with Crippen LogP contribution in [-0.4, -0.2) is 40.8 Å². The zero-order valence-electron chi connectivity index (χ0n) is 15.5. The molecule has 2 aliphatic heterocycles. The van der Waals surface area contributed by atoms with Crippen LogP contribution in [0.15, 0.2) is 42.5 Å². The Bertz CT molecular complexity index is 863. The third-order valence-corrected chi connectivity index (χ3v) is 6.66. The number of aryl methyl sites for hydroxylation is 1. The summed E-state index contributed by atoms with van der Waals surface area (Å²) in [4.78, 5) is 2.29. The lowest BCUT2D eigenvalue weighted by Gasteiger charge is -2.24. The Morgan fingerprint density at radius 1 is 1.15 bits per heavy atom. The third-order valence-electron chi connectivity index (χ3n) is 5.46. The largest absolute Gasteiger partial charge is 0.497 e. The lowest BCUT2D eigenvalue weighted by molar-refractivity contribution is -0.656. The molecule has 0 fully saturated rings. The van der Waals surface area contributed by atoms with Crippen molar-refractivity contribution < 1.29 is 14.4 Å². The molecular weight excluding hydrogens is 344 g/mol. The molecule has 0 amide bonds. The van der Waals surface area contributed by atoms with Gasteiger partial charge in [-0.3, -0.25) is 0 Å². The van der Waals surface area contributed by atoms with Gasteiger partial charge in [-0.2, -0.15) is 0 Å². The Morgan fingerprint density at radius 2 is 1.92 bits per heavy atom. The number of amidine groups is 1. The number of β-amino-alcohol motifs (C(OH)–C–C–N with tert-alkyl or cyclic N) is 1. The topological polar surface area (TPSA) is 35.7 Å². The minimum Gasteiger partial charge on any atom is -0.497 e. The summed E-state index contributed by atoms with van der Waals surface area (Å²) >= 11 is 1.84. The van der Waals surface area contributed by atoms with Crippen molar-refractivity contribution in [1.29, 1.82) is 0 Å². The summed E-state index contributed by atoms with van der Waals surface area (Å²) in [5, 5.41) is 12.9. The summed E-state index contributed by atoms with van der Waals surface area (Å²) in [5.74, 6) is 1.89. The van der Waals surface area contributed by atoms with Crippen molar-refractivity contribution >= 4 is 22.6 Å². The predicted octanol–water partition coefficient (Wildman–Crippen LogP) is 3.48. The van der Waals surface area contributed by atoms with Crippen LogP contribution in [0.25, 0.3) is 0 Å². The number of hydrogen-bond acceptors (Lipinski definition) is 4. The summed E-state index contributed by atoms with van der Waals surface area (Å²) in [7, 11) is 1.66. The van der Waals surface area contributed by atoms with Gasteiger partial charge in [-0.1, -0.05) is 12.1 Å². The van der Waals surface area contributed by atoms with Crippen LogP contribution in [-0.2, 0) is 5.72 Å². The van der Waals surface area contributed by atoms with E-state index in [9.17, 15) is 5.11 Å². The molecule has 0 aromatic heterocycles. The molecule has 136 valence electrons. The average Bonchev–Trinajstić information content (AvgIpc) is 2.98. The molecule has 0 bridgehead atoms. The van der Waals surface area contributed by atoms with Crippen molar-refractivity contribution in [2.75, 3.05) is 30.9 Å². The van der Waals surface area contributed by atoms with Gasteiger partial charge in [0.2, 0.25) is 0 Å². The van der Waals surface area contributed by atoms with Gasteiger partial charge in [-0.05, 0) is 73.5 Å². The van der Waals surface area contributed by atoms with Crippen molar-refractivity contribution in [3.63, 3.8) is 0 Å². The second-order valence-corrected chi connectivity index (χ2v) is 8.05. The van der Waals surface area contributed by atoms with Crippen LogP contribution >= 0.6 is 11.8 Å². The van der Waals surface area contributed by atoms with Crippen LogP contribution < -0.4 is 9.64 Å². The summed E-state index contributed by atoms with van der Waals surface area (Å²) in [6.45, 7) is 5.70. The molecule has 2 aromatic carbocycles. The molecule has 0 saturated heterocycles. The zero-order valence-corrected chi connectivity index (χ0v) is 16.3. The van der Waals surface area contributed by atoms with Crippen LogP contribution in [0.3, 0.4) is 0 Å². The van der Waals surface area contributed by atoms with E-state index in [1.54, 1.807) is 7.11 Å². The van der Waals surface area contributed by atoms with E-state index in [4.69, 9.17) is 4.74 Å². The van der Waals surface area contributed by atoms with Crippen molar-refractivity contribution in [3.05, 3.63) is 59.2 Å². The molecule has 2 aliphatic rings. The fourth-order valence-corrected chi connectivity index (χ4v) is 4.99. The SMILES string of the molecule is COc1ccc([C@@]2(O)CN(c3cccc(C)c3C)C3=[N+]2CCCS3)cc1. The molecule has 0 aliphatic carbocycles. The molecule has 0 radical (unpaired) electrons. The molecule has 4 nitrogen and oxygen atoms in total. The van der Waals surface area contributed by atoms with Gasteiger partial charge in [0.25, 0.3) is 5.72 Å². The average molecular weight is 370 g/mol. The highest BCUT2D eigenvalue weighted by atomic mass is 32.2. The predicted molar refractivity (Wildman–Crippen MR) is 107 cm³/mol. The van der Waals surface area contributed by atoms with Gasteiger partial charge >= 0.3 is 5.17 Å². The van der Waals surface area contributed by atoms with Gasteiger partial charge in [0, 0.05) is 11.3 Å². The van der Waals surface area contributed by atoms with E-state index in [2.05, 4.69) is 41.5 Å². The number of nitrogens with zero attached hydrogens (tertiary/aromatic N) is 2. The normalized spacial score (nSPS) is 22.5. The highest BCUT2D eigenvalue weighted by molar-refractivity contribution is 8.13. The Balaban J connectivity index is 1.80. The van der Waals surface area contributed by atoms with Crippen LogP contribution in [0.1, 0.15) is 23.1 Å². The van der Waals surface area contributed by atoms with Gasteiger partial charge in [-0.15, -0.1) is 0 Å². The number of anilines is 1. The minimum atomic E-state index is -1.02. The highest BCUT2D eigenvalue weighted by Crippen LogP contribution is 2.39. The monoisotopic (exact) mass is 369 g/mol. The summed E-state index contributed by atoms with van der Waals surface area (Å²) < 4.78 is 7.45. The summed E-state index contributed by atoms with van der Waals surface area (Å²) in [6.07, 6.45) is 1.08. The first kappa shape index (κ1) is 17.4. The maximum Gasteiger partial charge on any atom is 0.316 e. The fourth-order valence-electron chi connectivity index (χ4n) is 3.82. The summed E-state index contributed by atoms with van der Waals surface area (Å²) in [5.41, 5.74) is 3.61. The Hall–Kier alpha value is -1.98.